The fourth-order valence-electron chi connectivity index (χ4n) is 4.14. The Morgan fingerprint density at radius 3 is 2.24 bits per heavy atom. The highest BCUT2D eigenvalue weighted by atomic mass is 16.5. The van der Waals surface area contributed by atoms with E-state index in [4.69, 9.17) is 9.84 Å². The maximum Gasteiger partial charge on any atom is 0.409 e. The molecule has 1 aliphatic rings. The van der Waals surface area contributed by atoms with Gasteiger partial charge in [0, 0.05) is 30.6 Å². The molecule has 0 aromatic heterocycles. The molecule has 2 amide bonds. The number of aliphatic hydroxyl groups is 1. The molecule has 3 rings (SSSR count). The number of carbonyl (C=O) groups is 2. The number of hydrogen-bond acceptors (Lipinski definition) is 5. The summed E-state index contributed by atoms with van der Waals surface area (Å²) in [6, 6.07) is 13.5. The van der Waals surface area contributed by atoms with E-state index in [9.17, 15) is 14.7 Å². The van der Waals surface area contributed by atoms with Crippen molar-refractivity contribution in [2.24, 2.45) is 0 Å². The number of nitrogens with zero attached hydrogens (tertiary/aromatic N) is 1. The van der Waals surface area contributed by atoms with E-state index in [0.29, 0.717) is 29.2 Å². The highest BCUT2D eigenvalue weighted by Gasteiger charge is 2.37. The molecule has 2 aromatic rings. The van der Waals surface area contributed by atoms with Crippen LogP contribution in [0.5, 0.6) is 5.75 Å². The van der Waals surface area contributed by atoms with E-state index in [1.165, 1.54) is 0 Å². The molecule has 1 saturated heterocycles. The molecule has 178 valence electrons. The summed E-state index contributed by atoms with van der Waals surface area (Å²) in [7, 11) is 0. The molecule has 1 unspecified atom stereocenters. The number of rotatable bonds is 7. The van der Waals surface area contributed by atoms with Crippen molar-refractivity contribution in [1.29, 1.82) is 0 Å². The molecule has 8 heteroatoms. The smallest absolute Gasteiger partial charge is 0.409 e. The Labute approximate surface area is 194 Å². The standard InChI is InChI=1S/C25H33N3O5/c1-24(2)15-19(13-14-28(24)16-25(3,4)32)33-18-11-9-17(10-12-18)22(29)26-20-7-5-6-8-21(20)27-23(30)31/h5-12,19,27,32H,13-16H2,1-4H3,(H,26,29)(H,30,31). The first kappa shape index (κ1) is 24.5. The summed E-state index contributed by atoms with van der Waals surface area (Å²) in [4.78, 5) is 25.9. The van der Waals surface area contributed by atoms with Crippen LogP contribution in [-0.2, 0) is 0 Å². The number of nitrogens with one attached hydrogen (secondary N) is 2. The lowest BCUT2D eigenvalue weighted by Gasteiger charge is -2.47. The molecule has 0 saturated carbocycles. The Balaban J connectivity index is 1.60. The van der Waals surface area contributed by atoms with Gasteiger partial charge >= 0.3 is 6.09 Å². The maximum absolute atomic E-state index is 12.6. The number of benzene rings is 2. The summed E-state index contributed by atoms with van der Waals surface area (Å²) in [6.45, 7) is 9.43. The molecule has 2 aromatic carbocycles. The SMILES string of the molecule is CC(C)(O)CN1CCC(Oc2ccc(C(=O)Nc3ccccc3NC(=O)O)cc2)CC1(C)C. The molecule has 33 heavy (non-hydrogen) atoms. The van der Waals surface area contributed by atoms with Crippen molar-refractivity contribution in [3.63, 3.8) is 0 Å². The van der Waals surface area contributed by atoms with Crippen LogP contribution in [0, 0.1) is 0 Å². The van der Waals surface area contributed by atoms with Crippen LogP contribution in [0.2, 0.25) is 0 Å². The van der Waals surface area contributed by atoms with Crippen molar-refractivity contribution in [1.82, 2.24) is 4.90 Å². The zero-order chi connectivity index (χ0) is 24.2. The lowest BCUT2D eigenvalue weighted by molar-refractivity contribution is -0.0433. The van der Waals surface area contributed by atoms with Gasteiger partial charge in [-0.25, -0.2) is 4.79 Å². The quantitative estimate of drug-likeness (QED) is 0.492. The third-order valence-electron chi connectivity index (χ3n) is 5.72. The summed E-state index contributed by atoms with van der Waals surface area (Å²) in [5, 5.41) is 24.1. The Hall–Kier alpha value is -3.10. The molecule has 0 spiro atoms. The summed E-state index contributed by atoms with van der Waals surface area (Å²) < 4.78 is 6.19. The average molecular weight is 456 g/mol. The minimum atomic E-state index is -1.20. The van der Waals surface area contributed by atoms with Crippen LogP contribution in [0.4, 0.5) is 16.2 Å². The summed E-state index contributed by atoms with van der Waals surface area (Å²) in [5.74, 6) is 0.346. The van der Waals surface area contributed by atoms with Crippen molar-refractivity contribution in [2.75, 3.05) is 23.7 Å². The van der Waals surface area contributed by atoms with Gasteiger partial charge in [-0.3, -0.25) is 15.0 Å². The highest BCUT2D eigenvalue weighted by molar-refractivity contribution is 6.06. The number of carbonyl (C=O) groups excluding carboxylic acids is 1. The Kier molecular flexibility index (Phi) is 7.29. The van der Waals surface area contributed by atoms with E-state index in [1.807, 2.05) is 13.8 Å². The molecule has 1 aliphatic heterocycles. The fourth-order valence-corrected chi connectivity index (χ4v) is 4.14. The summed E-state index contributed by atoms with van der Waals surface area (Å²) >= 11 is 0. The van der Waals surface area contributed by atoms with Crippen molar-refractivity contribution >= 4 is 23.4 Å². The second-order valence-electron chi connectivity index (χ2n) is 9.73. The molecule has 1 atom stereocenters. The number of amides is 2. The molecule has 1 heterocycles. The van der Waals surface area contributed by atoms with E-state index < -0.39 is 11.7 Å². The second-order valence-corrected chi connectivity index (χ2v) is 9.73. The number of carboxylic acid groups (broad SMARTS) is 1. The van der Waals surface area contributed by atoms with Crippen molar-refractivity contribution in [3.05, 3.63) is 54.1 Å². The maximum atomic E-state index is 12.6. The van der Waals surface area contributed by atoms with Gasteiger partial charge in [-0.2, -0.15) is 0 Å². The van der Waals surface area contributed by atoms with Crippen molar-refractivity contribution < 1.29 is 24.5 Å². The first-order chi connectivity index (χ1) is 15.4. The van der Waals surface area contributed by atoms with Crippen LogP contribution < -0.4 is 15.4 Å². The van der Waals surface area contributed by atoms with Crippen LogP contribution in [0.15, 0.2) is 48.5 Å². The number of para-hydroxylation sites is 2. The molecular weight excluding hydrogens is 422 g/mol. The van der Waals surface area contributed by atoms with Crippen LogP contribution in [0.25, 0.3) is 0 Å². The van der Waals surface area contributed by atoms with E-state index in [2.05, 4.69) is 29.4 Å². The van der Waals surface area contributed by atoms with Gasteiger partial charge in [-0.15, -0.1) is 0 Å². The third kappa shape index (κ3) is 6.94. The topological polar surface area (TPSA) is 111 Å². The van der Waals surface area contributed by atoms with Gasteiger partial charge in [0.05, 0.1) is 17.0 Å². The van der Waals surface area contributed by atoms with Crippen LogP contribution in [0.3, 0.4) is 0 Å². The summed E-state index contributed by atoms with van der Waals surface area (Å²) in [6.07, 6.45) is 0.535. The van der Waals surface area contributed by atoms with Crippen molar-refractivity contribution in [2.45, 2.75) is 57.8 Å². The molecule has 4 N–H and O–H groups in total. The normalized spacial score (nSPS) is 18.4. The van der Waals surface area contributed by atoms with E-state index in [-0.39, 0.29) is 17.6 Å². The van der Waals surface area contributed by atoms with Gasteiger partial charge in [-0.1, -0.05) is 12.1 Å². The number of ether oxygens (including phenoxy) is 1. The third-order valence-corrected chi connectivity index (χ3v) is 5.72. The molecule has 1 fully saturated rings. The largest absolute Gasteiger partial charge is 0.490 e. The van der Waals surface area contributed by atoms with E-state index in [1.54, 1.807) is 48.5 Å². The van der Waals surface area contributed by atoms with Gasteiger partial charge in [0.25, 0.3) is 5.91 Å². The summed E-state index contributed by atoms with van der Waals surface area (Å²) in [5.41, 5.74) is 0.279. The predicted octanol–water partition coefficient (Wildman–Crippen LogP) is 4.42. The minimum Gasteiger partial charge on any atom is -0.490 e. The second kappa shape index (κ2) is 9.80. The lowest BCUT2D eigenvalue weighted by atomic mass is 9.87. The highest BCUT2D eigenvalue weighted by Crippen LogP contribution is 2.31. The first-order valence-electron chi connectivity index (χ1n) is 11.1. The van der Waals surface area contributed by atoms with Crippen LogP contribution in [-0.4, -0.2) is 57.4 Å². The van der Waals surface area contributed by atoms with E-state index in [0.717, 1.165) is 19.4 Å². The number of piperidine rings is 1. The Morgan fingerprint density at radius 2 is 1.70 bits per heavy atom. The molecule has 0 aliphatic carbocycles. The zero-order valence-electron chi connectivity index (χ0n) is 19.6. The number of hydrogen-bond donors (Lipinski definition) is 4. The Morgan fingerprint density at radius 1 is 1.09 bits per heavy atom. The molecular formula is C25H33N3O5. The number of anilines is 2. The average Bonchev–Trinajstić information content (AvgIpc) is 2.70. The van der Waals surface area contributed by atoms with Gasteiger partial charge in [0.1, 0.15) is 11.9 Å². The van der Waals surface area contributed by atoms with Crippen LogP contribution >= 0.6 is 0 Å². The molecule has 0 radical (unpaired) electrons. The van der Waals surface area contributed by atoms with Crippen LogP contribution in [0.1, 0.15) is 50.9 Å². The minimum absolute atomic E-state index is 0.0479. The number of β-amino-alcohol motifs (C(OH)–C–C–N with tert-alkyl or cyclic N) is 1. The zero-order valence-corrected chi connectivity index (χ0v) is 19.6. The Bertz CT molecular complexity index is 982. The monoisotopic (exact) mass is 455 g/mol. The van der Waals surface area contributed by atoms with E-state index >= 15 is 0 Å². The van der Waals surface area contributed by atoms with Gasteiger partial charge in [0.15, 0.2) is 0 Å². The lowest BCUT2D eigenvalue weighted by Crippen LogP contribution is -2.56. The predicted molar refractivity (Wildman–Crippen MR) is 128 cm³/mol. The van der Waals surface area contributed by atoms with Gasteiger partial charge < -0.3 is 20.3 Å². The molecule has 8 nitrogen and oxygen atoms in total. The molecule has 0 bridgehead atoms. The van der Waals surface area contributed by atoms with Crippen molar-refractivity contribution in [3.8, 4) is 5.75 Å². The number of likely N-dealkylation sites (tertiary alicyclic amines) is 1. The first-order valence-corrected chi connectivity index (χ1v) is 11.1. The van der Waals surface area contributed by atoms with Gasteiger partial charge in [-0.05, 0) is 70.5 Å². The van der Waals surface area contributed by atoms with Gasteiger partial charge in [0.2, 0.25) is 0 Å². The fraction of sp³-hybridized carbons (Fsp3) is 0.440.